The van der Waals surface area contributed by atoms with Gasteiger partial charge in [0.25, 0.3) is 0 Å². The van der Waals surface area contributed by atoms with Gasteiger partial charge in [0, 0.05) is 12.8 Å². The largest absolute Gasteiger partial charge is 0.465 e. The highest BCUT2D eigenvalue weighted by Crippen LogP contribution is 2.28. The Balaban J connectivity index is 1.99. The van der Waals surface area contributed by atoms with Crippen molar-refractivity contribution >= 4 is 28.9 Å². The summed E-state index contributed by atoms with van der Waals surface area (Å²) in [6, 6.07) is 0. The van der Waals surface area contributed by atoms with Gasteiger partial charge in [-0.25, -0.2) is 4.79 Å². The number of thiophene rings is 1. The highest BCUT2D eigenvalue weighted by atomic mass is 32.1. The van der Waals surface area contributed by atoms with Crippen molar-refractivity contribution in [1.29, 1.82) is 0 Å². The van der Waals surface area contributed by atoms with Gasteiger partial charge in [0.15, 0.2) is 5.82 Å². The molecule has 0 unspecified atom stereocenters. The van der Waals surface area contributed by atoms with Gasteiger partial charge in [-0.3, -0.25) is 4.79 Å². The highest BCUT2D eigenvalue weighted by Gasteiger charge is 2.18. The molecule has 0 saturated carbocycles. The van der Waals surface area contributed by atoms with Crippen LogP contribution in [-0.4, -0.2) is 29.1 Å². The van der Waals surface area contributed by atoms with Crippen LogP contribution in [0.2, 0.25) is 0 Å². The summed E-state index contributed by atoms with van der Waals surface area (Å²) in [4.78, 5) is 28.0. The zero-order valence-corrected chi connectivity index (χ0v) is 12.7. The Labute approximate surface area is 125 Å². The Morgan fingerprint density at radius 3 is 2.81 bits per heavy atom. The molecule has 2 aromatic rings. The van der Waals surface area contributed by atoms with E-state index < -0.39 is 5.97 Å². The van der Waals surface area contributed by atoms with Crippen LogP contribution in [-0.2, 0) is 16.0 Å². The van der Waals surface area contributed by atoms with Gasteiger partial charge in [0.1, 0.15) is 4.88 Å². The Bertz CT molecular complexity index is 662. The first kappa shape index (κ1) is 15.2. The Morgan fingerprint density at radius 1 is 1.43 bits per heavy atom. The predicted octanol–water partition coefficient (Wildman–Crippen LogP) is 2.11. The molecule has 2 rings (SSSR count). The van der Waals surface area contributed by atoms with E-state index in [-0.39, 0.29) is 12.3 Å². The van der Waals surface area contributed by atoms with Crippen molar-refractivity contribution in [2.45, 2.75) is 26.7 Å². The molecule has 2 aromatic heterocycles. The van der Waals surface area contributed by atoms with Gasteiger partial charge in [-0.2, -0.15) is 4.98 Å². The summed E-state index contributed by atoms with van der Waals surface area (Å²) < 4.78 is 9.63. The molecule has 0 saturated heterocycles. The monoisotopic (exact) mass is 309 g/mol. The molecule has 0 spiro atoms. The van der Waals surface area contributed by atoms with Crippen molar-refractivity contribution in [2.24, 2.45) is 0 Å². The smallest absolute Gasteiger partial charge is 0.350 e. The summed E-state index contributed by atoms with van der Waals surface area (Å²) in [5.41, 5.74) is 1.32. The molecule has 0 fully saturated rings. The Kier molecular flexibility index (Phi) is 4.69. The first-order valence-electron chi connectivity index (χ1n) is 6.26. The number of carbonyl (C=O) groups excluding carboxylic acids is 2. The SMILES string of the molecule is COC(=O)c1scc(C)c1NC(=O)CCc1nc(C)no1. The van der Waals surface area contributed by atoms with Crippen LogP contribution < -0.4 is 5.32 Å². The number of amides is 1. The molecule has 112 valence electrons. The van der Waals surface area contributed by atoms with E-state index in [2.05, 4.69) is 15.5 Å². The molecule has 21 heavy (non-hydrogen) atoms. The normalized spacial score (nSPS) is 10.4. The van der Waals surface area contributed by atoms with Gasteiger partial charge in [-0.1, -0.05) is 5.16 Å². The Morgan fingerprint density at radius 2 is 2.19 bits per heavy atom. The minimum Gasteiger partial charge on any atom is -0.465 e. The number of carbonyl (C=O) groups is 2. The van der Waals surface area contributed by atoms with Gasteiger partial charge in [-0.05, 0) is 24.8 Å². The van der Waals surface area contributed by atoms with E-state index in [0.29, 0.717) is 28.7 Å². The number of ether oxygens (including phenoxy) is 1. The minimum atomic E-state index is -0.462. The molecule has 1 N–H and O–H groups in total. The lowest BCUT2D eigenvalue weighted by Crippen LogP contribution is -2.15. The quantitative estimate of drug-likeness (QED) is 0.850. The van der Waals surface area contributed by atoms with Crippen LogP contribution in [0, 0.1) is 13.8 Å². The molecule has 0 aromatic carbocycles. The van der Waals surface area contributed by atoms with Crippen molar-refractivity contribution in [2.75, 3.05) is 12.4 Å². The fraction of sp³-hybridized carbons (Fsp3) is 0.385. The third kappa shape index (κ3) is 3.66. The van der Waals surface area contributed by atoms with Gasteiger partial charge >= 0.3 is 5.97 Å². The average Bonchev–Trinajstić information content (AvgIpc) is 3.03. The van der Waals surface area contributed by atoms with E-state index in [0.717, 1.165) is 5.56 Å². The maximum absolute atomic E-state index is 12.0. The lowest BCUT2D eigenvalue weighted by Gasteiger charge is -2.06. The highest BCUT2D eigenvalue weighted by molar-refractivity contribution is 7.12. The van der Waals surface area contributed by atoms with Gasteiger partial charge < -0.3 is 14.6 Å². The minimum absolute atomic E-state index is 0.192. The van der Waals surface area contributed by atoms with Crippen LogP contribution in [0.15, 0.2) is 9.90 Å². The summed E-state index contributed by atoms with van der Waals surface area (Å²) >= 11 is 1.24. The van der Waals surface area contributed by atoms with Gasteiger partial charge in [-0.15, -0.1) is 11.3 Å². The number of anilines is 1. The number of methoxy groups -OCH3 is 1. The summed E-state index contributed by atoms with van der Waals surface area (Å²) in [5, 5.41) is 8.18. The summed E-state index contributed by atoms with van der Waals surface area (Å²) in [5.74, 6) is 0.262. The number of aromatic nitrogens is 2. The second kappa shape index (κ2) is 6.49. The van der Waals surface area contributed by atoms with E-state index in [1.165, 1.54) is 18.4 Å². The molecule has 0 radical (unpaired) electrons. The molecule has 8 heteroatoms. The number of aryl methyl sites for hydroxylation is 3. The molecule has 0 aliphatic heterocycles. The van der Waals surface area contributed by atoms with Crippen LogP contribution in [0.5, 0.6) is 0 Å². The third-order valence-corrected chi connectivity index (χ3v) is 3.82. The fourth-order valence-corrected chi connectivity index (χ4v) is 2.63. The molecule has 1 amide bonds. The average molecular weight is 309 g/mol. The molecule has 0 aliphatic rings. The third-order valence-electron chi connectivity index (χ3n) is 2.75. The number of hydrogen-bond donors (Lipinski definition) is 1. The van der Waals surface area contributed by atoms with E-state index in [1.54, 1.807) is 12.3 Å². The maximum Gasteiger partial charge on any atom is 0.350 e. The van der Waals surface area contributed by atoms with Crippen LogP contribution in [0.4, 0.5) is 5.69 Å². The molecule has 2 heterocycles. The standard InChI is InChI=1S/C13H15N3O4S/c1-7-6-21-12(13(18)19-3)11(7)15-9(17)4-5-10-14-8(2)16-20-10/h6H,4-5H2,1-3H3,(H,15,17). The summed E-state index contributed by atoms with van der Waals surface area (Å²) in [6.45, 7) is 3.53. The lowest BCUT2D eigenvalue weighted by molar-refractivity contribution is -0.116. The summed E-state index contributed by atoms with van der Waals surface area (Å²) in [6.07, 6.45) is 0.543. The van der Waals surface area contributed by atoms with Gasteiger partial charge in [0.05, 0.1) is 12.8 Å². The zero-order valence-electron chi connectivity index (χ0n) is 11.9. The maximum atomic E-state index is 12.0. The number of nitrogens with zero attached hydrogens (tertiary/aromatic N) is 2. The molecule has 7 nitrogen and oxygen atoms in total. The number of hydrogen-bond acceptors (Lipinski definition) is 7. The van der Waals surface area contributed by atoms with E-state index in [9.17, 15) is 9.59 Å². The summed E-state index contributed by atoms with van der Waals surface area (Å²) in [7, 11) is 1.31. The molecular formula is C13H15N3O4S. The molecular weight excluding hydrogens is 294 g/mol. The first-order valence-corrected chi connectivity index (χ1v) is 7.14. The second-order valence-electron chi connectivity index (χ2n) is 4.40. The predicted molar refractivity (Wildman–Crippen MR) is 76.4 cm³/mol. The van der Waals surface area contributed by atoms with Crippen molar-refractivity contribution in [3.05, 3.63) is 27.5 Å². The van der Waals surface area contributed by atoms with Crippen molar-refractivity contribution in [3.63, 3.8) is 0 Å². The molecule has 0 atom stereocenters. The topological polar surface area (TPSA) is 94.3 Å². The molecule has 0 aliphatic carbocycles. The van der Waals surface area contributed by atoms with Crippen molar-refractivity contribution in [3.8, 4) is 0 Å². The Hall–Kier alpha value is -2.22. The van der Waals surface area contributed by atoms with Crippen molar-refractivity contribution < 1.29 is 18.8 Å². The number of rotatable bonds is 5. The van der Waals surface area contributed by atoms with E-state index in [4.69, 9.17) is 9.26 Å². The van der Waals surface area contributed by atoms with Crippen LogP contribution in [0.25, 0.3) is 0 Å². The first-order chi connectivity index (χ1) is 10.0. The zero-order chi connectivity index (χ0) is 15.4. The van der Waals surface area contributed by atoms with Gasteiger partial charge in [0.2, 0.25) is 11.8 Å². The van der Waals surface area contributed by atoms with E-state index in [1.807, 2.05) is 6.92 Å². The molecule has 0 bridgehead atoms. The van der Waals surface area contributed by atoms with E-state index >= 15 is 0 Å². The van der Waals surface area contributed by atoms with Crippen LogP contribution in [0.1, 0.15) is 33.4 Å². The number of esters is 1. The van der Waals surface area contributed by atoms with Crippen molar-refractivity contribution in [1.82, 2.24) is 10.1 Å². The second-order valence-corrected chi connectivity index (χ2v) is 5.28. The van der Waals surface area contributed by atoms with Crippen LogP contribution >= 0.6 is 11.3 Å². The fourth-order valence-electron chi connectivity index (χ4n) is 1.71. The lowest BCUT2D eigenvalue weighted by atomic mass is 10.2. The van der Waals surface area contributed by atoms with Crippen LogP contribution in [0.3, 0.4) is 0 Å². The number of nitrogens with one attached hydrogen (secondary N) is 1.